The molecule has 2 aromatic carbocycles. The number of fused-ring (bicyclic) bond motifs is 1. The number of hydrogen-bond acceptors (Lipinski definition) is 5. The molecule has 0 spiro atoms. The Hall–Kier alpha value is -3.61. The predicted octanol–water partition coefficient (Wildman–Crippen LogP) is 3.32. The summed E-state index contributed by atoms with van der Waals surface area (Å²) in [5.41, 5.74) is 2.38. The zero-order chi connectivity index (χ0) is 20.8. The minimum absolute atomic E-state index is 0.147. The Morgan fingerprint density at radius 3 is 2.45 bits per heavy atom. The van der Waals surface area contributed by atoms with Crippen molar-refractivity contribution in [1.29, 1.82) is 0 Å². The van der Waals surface area contributed by atoms with E-state index < -0.39 is 0 Å². The van der Waals surface area contributed by atoms with Crippen LogP contribution in [0, 0.1) is 6.92 Å². The number of aromatic nitrogens is 1. The van der Waals surface area contributed by atoms with Crippen molar-refractivity contribution in [3.63, 3.8) is 0 Å². The molecule has 2 N–H and O–H groups in total. The SMILES string of the molecule is CCOc1ccc(NC(=O)CNC(=O)c2cc3ccc(OC)cc3nc2C)cc1. The summed E-state index contributed by atoms with van der Waals surface area (Å²) >= 11 is 0. The van der Waals surface area contributed by atoms with Gasteiger partial charge in [0.1, 0.15) is 11.5 Å². The van der Waals surface area contributed by atoms with Crippen LogP contribution < -0.4 is 20.1 Å². The minimum Gasteiger partial charge on any atom is -0.497 e. The maximum Gasteiger partial charge on any atom is 0.253 e. The van der Waals surface area contributed by atoms with Gasteiger partial charge < -0.3 is 20.1 Å². The zero-order valence-corrected chi connectivity index (χ0v) is 16.6. The molecule has 1 aromatic heterocycles. The molecule has 3 aromatic rings. The highest BCUT2D eigenvalue weighted by Gasteiger charge is 2.13. The normalized spacial score (nSPS) is 10.4. The summed E-state index contributed by atoms with van der Waals surface area (Å²) in [7, 11) is 1.59. The Balaban J connectivity index is 1.62. The van der Waals surface area contributed by atoms with Crippen molar-refractivity contribution in [2.24, 2.45) is 0 Å². The van der Waals surface area contributed by atoms with Crippen molar-refractivity contribution < 1.29 is 19.1 Å². The van der Waals surface area contributed by atoms with Gasteiger partial charge >= 0.3 is 0 Å². The van der Waals surface area contributed by atoms with Gasteiger partial charge in [0.05, 0.1) is 37.0 Å². The van der Waals surface area contributed by atoms with Crippen LogP contribution in [0.2, 0.25) is 0 Å². The number of methoxy groups -OCH3 is 1. The number of amides is 2. The first-order chi connectivity index (χ1) is 14.0. The summed E-state index contributed by atoms with van der Waals surface area (Å²) < 4.78 is 10.6. The fraction of sp³-hybridized carbons (Fsp3) is 0.227. The molecule has 0 saturated carbocycles. The number of anilines is 1. The molecule has 29 heavy (non-hydrogen) atoms. The van der Waals surface area contributed by atoms with Gasteiger partial charge in [-0.2, -0.15) is 0 Å². The Morgan fingerprint density at radius 1 is 1.03 bits per heavy atom. The first-order valence-corrected chi connectivity index (χ1v) is 9.26. The summed E-state index contributed by atoms with van der Waals surface area (Å²) in [6, 6.07) is 14.3. The molecule has 0 bridgehead atoms. The van der Waals surface area contributed by atoms with Crippen LogP contribution in [0.3, 0.4) is 0 Å². The number of aryl methyl sites for hydroxylation is 1. The topological polar surface area (TPSA) is 89.6 Å². The van der Waals surface area contributed by atoms with Gasteiger partial charge in [-0.25, -0.2) is 0 Å². The Bertz CT molecular complexity index is 1030. The van der Waals surface area contributed by atoms with Gasteiger partial charge in [-0.05, 0) is 56.3 Å². The van der Waals surface area contributed by atoms with Crippen molar-refractivity contribution in [1.82, 2.24) is 10.3 Å². The molecule has 150 valence electrons. The Labute approximate surface area is 169 Å². The fourth-order valence-electron chi connectivity index (χ4n) is 2.86. The van der Waals surface area contributed by atoms with Crippen LogP contribution in [0.25, 0.3) is 10.9 Å². The van der Waals surface area contributed by atoms with Gasteiger partial charge in [0.15, 0.2) is 0 Å². The van der Waals surface area contributed by atoms with Gasteiger partial charge in [0.25, 0.3) is 5.91 Å². The van der Waals surface area contributed by atoms with E-state index in [1.165, 1.54) is 0 Å². The van der Waals surface area contributed by atoms with E-state index in [-0.39, 0.29) is 18.4 Å². The molecule has 7 nitrogen and oxygen atoms in total. The van der Waals surface area contributed by atoms with Crippen LogP contribution in [-0.4, -0.2) is 37.1 Å². The lowest BCUT2D eigenvalue weighted by atomic mass is 10.1. The molecule has 0 aliphatic rings. The quantitative estimate of drug-likeness (QED) is 0.643. The van der Waals surface area contributed by atoms with E-state index in [9.17, 15) is 9.59 Å². The van der Waals surface area contributed by atoms with E-state index in [1.807, 2.05) is 25.1 Å². The zero-order valence-electron chi connectivity index (χ0n) is 16.6. The second-order valence-electron chi connectivity index (χ2n) is 6.37. The first kappa shape index (κ1) is 20.1. The lowest BCUT2D eigenvalue weighted by molar-refractivity contribution is -0.115. The fourth-order valence-corrected chi connectivity index (χ4v) is 2.86. The van der Waals surface area contributed by atoms with Crippen molar-refractivity contribution >= 4 is 28.4 Å². The number of hydrogen-bond donors (Lipinski definition) is 2. The number of benzene rings is 2. The van der Waals surface area contributed by atoms with E-state index >= 15 is 0 Å². The van der Waals surface area contributed by atoms with Crippen molar-refractivity contribution in [2.75, 3.05) is 25.6 Å². The number of carbonyl (C=O) groups excluding carboxylic acids is 2. The predicted molar refractivity (Wildman–Crippen MR) is 112 cm³/mol. The van der Waals surface area contributed by atoms with Gasteiger partial charge in [0, 0.05) is 17.1 Å². The highest BCUT2D eigenvalue weighted by atomic mass is 16.5. The van der Waals surface area contributed by atoms with Crippen molar-refractivity contribution in [3.05, 3.63) is 59.8 Å². The maximum absolute atomic E-state index is 12.5. The highest BCUT2D eigenvalue weighted by Crippen LogP contribution is 2.21. The molecule has 0 atom stereocenters. The van der Waals surface area contributed by atoms with E-state index in [0.29, 0.717) is 29.3 Å². The number of nitrogens with one attached hydrogen (secondary N) is 2. The van der Waals surface area contributed by atoms with Crippen LogP contribution >= 0.6 is 0 Å². The van der Waals surface area contributed by atoms with Crippen molar-refractivity contribution in [2.45, 2.75) is 13.8 Å². The van der Waals surface area contributed by atoms with Gasteiger partial charge in [-0.1, -0.05) is 0 Å². The van der Waals surface area contributed by atoms with Crippen LogP contribution in [0.1, 0.15) is 23.0 Å². The molecule has 3 rings (SSSR count). The number of pyridine rings is 1. The third kappa shape index (κ3) is 5.01. The summed E-state index contributed by atoms with van der Waals surface area (Å²) in [6.45, 7) is 4.09. The monoisotopic (exact) mass is 393 g/mol. The van der Waals surface area contributed by atoms with Gasteiger partial charge in [-0.3, -0.25) is 14.6 Å². The highest BCUT2D eigenvalue weighted by molar-refractivity contribution is 6.01. The van der Waals surface area contributed by atoms with Crippen LogP contribution in [0.15, 0.2) is 48.5 Å². The molecule has 0 radical (unpaired) electrons. The number of rotatable bonds is 7. The second-order valence-corrected chi connectivity index (χ2v) is 6.37. The summed E-state index contributed by atoms with van der Waals surface area (Å²) in [5, 5.41) is 6.19. The lowest BCUT2D eigenvalue weighted by Crippen LogP contribution is -2.33. The summed E-state index contributed by atoms with van der Waals surface area (Å²) in [6.07, 6.45) is 0. The summed E-state index contributed by atoms with van der Waals surface area (Å²) in [5.74, 6) is 0.761. The average molecular weight is 393 g/mol. The molecule has 0 fully saturated rings. The molecule has 1 heterocycles. The first-order valence-electron chi connectivity index (χ1n) is 9.26. The van der Waals surface area contributed by atoms with E-state index in [4.69, 9.17) is 9.47 Å². The Kier molecular flexibility index (Phi) is 6.29. The molecule has 7 heteroatoms. The lowest BCUT2D eigenvalue weighted by Gasteiger charge is -2.10. The molecular weight excluding hydrogens is 370 g/mol. The van der Waals surface area contributed by atoms with Crippen LogP contribution in [0.4, 0.5) is 5.69 Å². The van der Waals surface area contributed by atoms with E-state index in [2.05, 4.69) is 15.6 Å². The molecule has 0 unspecified atom stereocenters. The molecule has 0 aliphatic carbocycles. The number of carbonyl (C=O) groups is 2. The standard InChI is InChI=1S/C22H23N3O4/c1-4-29-17-9-6-16(7-10-17)25-21(26)13-23-22(27)19-11-15-5-8-18(28-3)12-20(15)24-14(19)2/h5-12H,4,13H2,1-3H3,(H,23,27)(H,25,26). The Morgan fingerprint density at radius 2 is 1.76 bits per heavy atom. The average Bonchev–Trinajstić information content (AvgIpc) is 2.72. The number of nitrogens with zero attached hydrogens (tertiary/aromatic N) is 1. The van der Waals surface area contributed by atoms with Crippen molar-refractivity contribution in [3.8, 4) is 11.5 Å². The third-order valence-corrected chi connectivity index (χ3v) is 4.32. The minimum atomic E-state index is -0.352. The van der Waals surface area contributed by atoms with Gasteiger partial charge in [-0.15, -0.1) is 0 Å². The van der Waals surface area contributed by atoms with Crippen LogP contribution in [-0.2, 0) is 4.79 Å². The van der Waals surface area contributed by atoms with E-state index in [1.54, 1.807) is 44.4 Å². The van der Waals surface area contributed by atoms with E-state index in [0.717, 1.165) is 16.7 Å². The molecule has 0 saturated heterocycles. The summed E-state index contributed by atoms with van der Waals surface area (Å²) in [4.78, 5) is 29.1. The second kappa shape index (κ2) is 9.05. The smallest absolute Gasteiger partial charge is 0.253 e. The number of ether oxygens (including phenoxy) is 2. The van der Waals surface area contributed by atoms with Gasteiger partial charge in [0.2, 0.25) is 5.91 Å². The largest absolute Gasteiger partial charge is 0.497 e. The van der Waals surface area contributed by atoms with Crippen LogP contribution in [0.5, 0.6) is 11.5 Å². The molecule has 2 amide bonds. The molecular formula is C22H23N3O4. The maximum atomic E-state index is 12.5. The third-order valence-electron chi connectivity index (χ3n) is 4.32. The molecule has 0 aliphatic heterocycles.